The highest BCUT2D eigenvalue weighted by molar-refractivity contribution is 6.05. The van der Waals surface area contributed by atoms with Crippen LogP contribution in [0.2, 0.25) is 0 Å². The van der Waals surface area contributed by atoms with Gasteiger partial charge in [-0.1, -0.05) is 12.1 Å². The van der Waals surface area contributed by atoms with Gasteiger partial charge in [-0.2, -0.15) is 0 Å². The van der Waals surface area contributed by atoms with E-state index in [2.05, 4.69) is 10.3 Å². The molecule has 1 heterocycles. The maximum absolute atomic E-state index is 13.3. The number of hydrogen-bond acceptors (Lipinski definition) is 3. The molecule has 0 saturated carbocycles. The van der Waals surface area contributed by atoms with E-state index in [1.165, 1.54) is 18.2 Å². The van der Waals surface area contributed by atoms with E-state index in [0.717, 1.165) is 12.3 Å². The van der Waals surface area contributed by atoms with E-state index in [1.54, 1.807) is 6.07 Å². The van der Waals surface area contributed by atoms with Gasteiger partial charge in [0.25, 0.3) is 11.5 Å². The summed E-state index contributed by atoms with van der Waals surface area (Å²) in [6, 6.07) is 6.50. The van der Waals surface area contributed by atoms with Crippen LogP contribution in [-0.4, -0.2) is 16.0 Å². The Bertz CT molecular complexity index is 652. The Balaban J connectivity index is 2.28. The van der Waals surface area contributed by atoms with Gasteiger partial charge in [-0.25, -0.2) is 4.39 Å². The Morgan fingerprint density at radius 2 is 2.06 bits per heavy atom. The topological polar surface area (TPSA) is 82.2 Å². The van der Waals surface area contributed by atoms with Gasteiger partial charge in [-0.15, -0.1) is 0 Å². The Kier molecular flexibility index (Phi) is 3.09. The van der Waals surface area contributed by atoms with Crippen molar-refractivity contribution in [3.63, 3.8) is 0 Å². The Labute approximate surface area is 101 Å². The number of amides is 1. The van der Waals surface area contributed by atoms with Gasteiger partial charge in [0.15, 0.2) is 0 Å². The number of benzene rings is 1. The number of aromatic nitrogens is 1. The molecule has 0 fully saturated rings. The molecule has 6 heteroatoms. The second-order valence-electron chi connectivity index (χ2n) is 3.53. The van der Waals surface area contributed by atoms with Crippen molar-refractivity contribution in [2.75, 3.05) is 5.32 Å². The zero-order valence-electron chi connectivity index (χ0n) is 9.11. The third kappa shape index (κ3) is 2.37. The summed E-state index contributed by atoms with van der Waals surface area (Å²) in [5, 5.41) is 11.7. The highest BCUT2D eigenvalue weighted by atomic mass is 19.1. The quantitative estimate of drug-likeness (QED) is 0.752. The normalized spacial score (nSPS) is 10.1. The first-order valence-corrected chi connectivity index (χ1v) is 5.05. The molecule has 0 radical (unpaired) electrons. The van der Waals surface area contributed by atoms with Crippen molar-refractivity contribution in [2.45, 2.75) is 0 Å². The minimum absolute atomic E-state index is 0.00639. The molecule has 3 N–H and O–H groups in total. The van der Waals surface area contributed by atoms with Crippen LogP contribution < -0.4 is 10.9 Å². The van der Waals surface area contributed by atoms with Crippen molar-refractivity contribution < 1.29 is 14.3 Å². The number of halogens is 1. The summed E-state index contributed by atoms with van der Waals surface area (Å²) >= 11 is 0. The summed E-state index contributed by atoms with van der Waals surface area (Å²) in [5.74, 6) is -1.77. The fraction of sp³-hybridized carbons (Fsp3) is 0. The van der Waals surface area contributed by atoms with Gasteiger partial charge in [0, 0.05) is 12.3 Å². The first-order chi connectivity index (χ1) is 8.58. The van der Waals surface area contributed by atoms with Crippen LogP contribution in [0, 0.1) is 5.82 Å². The van der Waals surface area contributed by atoms with E-state index in [9.17, 15) is 19.1 Å². The van der Waals surface area contributed by atoms with E-state index < -0.39 is 23.0 Å². The molecule has 0 unspecified atom stereocenters. The van der Waals surface area contributed by atoms with Crippen molar-refractivity contribution >= 4 is 11.6 Å². The van der Waals surface area contributed by atoms with Crippen molar-refractivity contribution in [2.24, 2.45) is 0 Å². The molecule has 0 atom stereocenters. The predicted molar refractivity (Wildman–Crippen MR) is 63.1 cm³/mol. The van der Waals surface area contributed by atoms with Gasteiger partial charge in [-0.3, -0.25) is 9.59 Å². The SMILES string of the molecule is O=C(Nc1ccccc1F)c1c[nH]c(=O)cc1O. The lowest BCUT2D eigenvalue weighted by Gasteiger charge is -2.06. The number of rotatable bonds is 2. The van der Waals surface area contributed by atoms with Crippen LogP contribution in [0.5, 0.6) is 5.75 Å². The molecule has 5 nitrogen and oxygen atoms in total. The van der Waals surface area contributed by atoms with E-state index in [1.807, 2.05) is 0 Å². The van der Waals surface area contributed by atoms with Crippen LogP contribution >= 0.6 is 0 Å². The molecule has 18 heavy (non-hydrogen) atoms. The van der Waals surface area contributed by atoms with Gasteiger partial charge in [0.2, 0.25) is 0 Å². The van der Waals surface area contributed by atoms with Gasteiger partial charge >= 0.3 is 0 Å². The summed E-state index contributed by atoms with van der Waals surface area (Å²) < 4.78 is 13.3. The number of carbonyl (C=O) groups is 1. The molecule has 1 amide bonds. The molecule has 0 spiro atoms. The Hall–Kier alpha value is -2.63. The molecule has 1 aromatic heterocycles. The Morgan fingerprint density at radius 1 is 1.33 bits per heavy atom. The van der Waals surface area contributed by atoms with Gasteiger partial charge in [-0.05, 0) is 12.1 Å². The minimum atomic E-state index is -0.714. The van der Waals surface area contributed by atoms with Crippen molar-refractivity contribution in [3.8, 4) is 5.75 Å². The number of aromatic hydroxyl groups is 1. The van der Waals surface area contributed by atoms with E-state index in [4.69, 9.17) is 0 Å². The van der Waals surface area contributed by atoms with Gasteiger partial charge in [0.1, 0.15) is 11.6 Å². The number of H-pyrrole nitrogens is 1. The van der Waals surface area contributed by atoms with Gasteiger partial charge < -0.3 is 15.4 Å². The van der Waals surface area contributed by atoms with Crippen LogP contribution in [0.25, 0.3) is 0 Å². The largest absolute Gasteiger partial charge is 0.507 e. The van der Waals surface area contributed by atoms with E-state index >= 15 is 0 Å². The standard InChI is InChI=1S/C12H9FN2O3/c13-8-3-1-2-4-9(8)15-12(18)7-6-14-11(17)5-10(7)16/h1-6H,(H,15,18)(H2,14,16,17). The molecular weight excluding hydrogens is 239 g/mol. The molecule has 92 valence electrons. The monoisotopic (exact) mass is 248 g/mol. The fourth-order valence-corrected chi connectivity index (χ4v) is 1.39. The van der Waals surface area contributed by atoms with E-state index in [-0.39, 0.29) is 11.3 Å². The van der Waals surface area contributed by atoms with Crippen molar-refractivity contribution in [3.05, 3.63) is 58.3 Å². The number of anilines is 1. The fourth-order valence-electron chi connectivity index (χ4n) is 1.39. The number of aromatic amines is 1. The third-order valence-electron chi connectivity index (χ3n) is 2.27. The molecule has 0 aliphatic rings. The summed E-state index contributed by atoms with van der Waals surface area (Å²) in [7, 11) is 0. The summed E-state index contributed by atoms with van der Waals surface area (Å²) in [4.78, 5) is 24.9. The molecular formula is C12H9FN2O3. The zero-order valence-corrected chi connectivity index (χ0v) is 9.11. The zero-order chi connectivity index (χ0) is 13.1. The first-order valence-electron chi connectivity index (χ1n) is 5.05. The van der Waals surface area contributed by atoms with Crippen LogP contribution in [0.15, 0.2) is 41.3 Å². The summed E-state index contributed by atoms with van der Waals surface area (Å²) in [5.41, 5.74) is -0.680. The smallest absolute Gasteiger partial charge is 0.260 e. The van der Waals surface area contributed by atoms with Crippen LogP contribution in [0.4, 0.5) is 10.1 Å². The molecule has 1 aromatic carbocycles. The third-order valence-corrected chi connectivity index (χ3v) is 2.27. The predicted octanol–water partition coefficient (Wildman–Crippen LogP) is 1.47. The van der Waals surface area contributed by atoms with Crippen molar-refractivity contribution in [1.29, 1.82) is 0 Å². The lowest BCUT2D eigenvalue weighted by molar-refractivity contribution is 0.102. The molecule has 0 aliphatic carbocycles. The number of carbonyl (C=O) groups excluding carboxylic acids is 1. The number of para-hydroxylation sites is 1. The van der Waals surface area contributed by atoms with Gasteiger partial charge in [0.05, 0.1) is 11.3 Å². The molecule has 2 rings (SSSR count). The van der Waals surface area contributed by atoms with E-state index in [0.29, 0.717) is 0 Å². The summed E-state index contributed by atoms with van der Waals surface area (Å²) in [6.45, 7) is 0. The lowest BCUT2D eigenvalue weighted by atomic mass is 10.2. The maximum Gasteiger partial charge on any atom is 0.260 e. The van der Waals surface area contributed by atoms with Crippen molar-refractivity contribution in [1.82, 2.24) is 4.98 Å². The summed E-state index contributed by atoms with van der Waals surface area (Å²) in [6.07, 6.45) is 1.06. The highest BCUT2D eigenvalue weighted by Crippen LogP contribution is 2.17. The van der Waals surface area contributed by atoms with Crippen LogP contribution in [0.3, 0.4) is 0 Å². The molecule has 0 saturated heterocycles. The number of pyridine rings is 1. The second kappa shape index (κ2) is 4.70. The number of hydrogen-bond donors (Lipinski definition) is 3. The molecule has 0 aliphatic heterocycles. The Morgan fingerprint density at radius 3 is 2.72 bits per heavy atom. The highest BCUT2D eigenvalue weighted by Gasteiger charge is 2.13. The molecule has 2 aromatic rings. The maximum atomic E-state index is 13.3. The van der Waals surface area contributed by atoms with Crippen LogP contribution in [0.1, 0.15) is 10.4 Å². The second-order valence-corrected chi connectivity index (χ2v) is 3.53. The average Bonchev–Trinajstić information content (AvgIpc) is 2.32. The average molecular weight is 248 g/mol. The number of nitrogens with one attached hydrogen (secondary N) is 2. The lowest BCUT2D eigenvalue weighted by Crippen LogP contribution is -2.15. The van der Waals surface area contributed by atoms with Crippen LogP contribution in [-0.2, 0) is 0 Å². The molecule has 0 bridgehead atoms. The first kappa shape index (κ1) is 11.8. The minimum Gasteiger partial charge on any atom is -0.507 e.